The average Bonchev–Trinajstić information content (AvgIpc) is 3.54. The molecule has 9 nitrogen and oxygen atoms in total. The molecule has 1 amide bonds. The number of hydrogen-bond acceptors (Lipinski definition) is 8. The summed E-state index contributed by atoms with van der Waals surface area (Å²) in [6.45, 7) is 3.23. The van der Waals surface area contributed by atoms with Crippen LogP contribution in [0, 0.1) is 17.8 Å². The van der Waals surface area contributed by atoms with Gasteiger partial charge in [0.05, 0.1) is 54.0 Å². The van der Waals surface area contributed by atoms with E-state index in [4.69, 9.17) is 4.74 Å². The molecule has 44 heavy (non-hydrogen) atoms. The molecule has 0 spiro atoms. The number of anilines is 2. The number of hydrogen-bond donors (Lipinski definition) is 3. The Morgan fingerprint density at radius 1 is 1.25 bits per heavy atom. The van der Waals surface area contributed by atoms with Crippen molar-refractivity contribution >= 4 is 34.7 Å². The number of aliphatic hydroxyl groups is 1. The maximum absolute atomic E-state index is 15.1. The highest BCUT2D eigenvalue weighted by Gasteiger charge is 2.63. The number of carbonyl (C=O) groups is 1. The monoisotopic (exact) mass is 632 g/mol. The second kappa shape index (κ2) is 11.0. The maximum Gasteiger partial charge on any atom is 0.446 e. The number of amides is 1. The van der Waals surface area contributed by atoms with Gasteiger partial charge in [0.1, 0.15) is 23.4 Å². The van der Waals surface area contributed by atoms with Crippen molar-refractivity contribution in [3.63, 3.8) is 0 Å². The molecule has 0 radical (unpaired) electrons. The van der Waals surface area contributed by atoms with Crippen LogP contribution in [0.4, 0.5) is 29.1 Å². The summed E-state index contributed by atoms with van der Waals surface area (Å²) in [5, 5.41) is 20.7. The number of methoxy groups -OCH3 is 1. The first-order chi connectivity index (χ1) is 20.8. The highest BCUT2D eigenvalue weighted by atomic mass is 32.2. The summed E-state index contributed by atoms with van der Waals surface area (Å²) in [6, 6.07) is 9.70. The summed E-state index contributed by atoms with van der Waals surface area (Å²) in [7, 11) is 3.33. The summed E-state index contributed by atoms with van der Waals surface area (Å²) in [6.07, 6.45) is -0.486. The Labute approximate surface area is 255 Å². The van der Waals surface area contributed by atoms with E-state index >= 15 is 4.39 Å². The van der Waals surface area contributed by atoms with Gasteiger partial charge in [-0.15, -0.1) is 0 Å². The van der Waals surface area contributed by atoms with Crippen LogP contribution >= 0.6 is 11.8 Å². The lowest BCUT2D eigenvalue weighted by atomic mass is 9.96. The first-order valence-corrected chi connectivity index (χ1v) is 14.9. The van der Waals surface area contributed by atoms with Gasteiger partial charge in [0.2, 0.25) is 0 Å². The molecule has 3 aliphatic rings. The van der Waals surface area contributed by atoms with E-state index in [0.717, 1.165) is 6.54 Å². The third-order valence-electron chi connectivity index (χ3n) is 8.28. The van der Waals surface area contributed by atoms with Crippen LogP contribution in [-0.4, -0.2) is 100 Å². The van der Waals surface area contributed by atoms with Gasteiger partial charge >= 0.3 is 5.51 Å². The molecule has 3 N–H and O–H groups in total. The van der Waals surface area contributed by atoms with Crippen LogP contribution in [0.1, 0.15) is 29.4 Å². The Hall–Kier alpha value is -3.67. The van der Waals surface area contributed by atoms with E-state index in [1.165, 1.54) is 22.6 Å². The predicted octanol–water partition coefficient (Wildman–Crippen LogP) is 4.08. The quantitative estimate of drug-likeness (QED) is 0.204. The maximum atomic E-state index is 15.1. The first kappa shape index (κ1) is 30.4. The number of nitrogens with one attached hydrogen (secondary N) is 2. The Morgan fingerprint density at radius 3 is 2.70 bits per heavy atom. The van der Waals surface area contributed by atoms with Crippen molar-refractivity contribution in [1.29, 1.82) is 0 Å². The summed E-state index contributed by atoms with van der Waals surface area (Å²) < 4.78 is 62.7. The first-order valence-electron chi connectivity index (χ1n) is 14.1. The van der Waals surface area contributed by atoms with Crippen LogP contribution in [0.5, 0.6) is 5.75 Å². The van der Waals surface area contributed by atoms with Gasteiger partial charge in [0, 0.05) is 18.7 Å². The van der Waals surface area contributed by atoms with Gasteiger partial charge in [-0.2, -0.15) is 18.3 Å². The SMILES string of the molecule is COc1cc(C(=O)N2CC(C)(O)C2)ccc1NCC#Cc1nn2c(N[C@@]34C[C@@H]3CN(C)C[C@@H]4F)cccc2c1SC(F)(F)F. The number of likely N-dealkylation sites (tertiary alicyclic amines) is 2. The van der Waals surface area contributed by atoms with Crippen molar-refractivity contribution in [3.8, 4) is 17.6 Å². The zero-order chi connectivity index (χ0) is 31.4. The summed E-state index contributed by atoms with van der Waals surface area (Å²) in [5.74, 6) is 6.28. The molecule has 1 aliphatic carbocycles. The van der Waals surface area contributed by atoms with E-state index in [-0.39, 0.29) is 65.9 Å². The number of β-amino-alcohol motifs (C(OH)–C–C–N with tert-alkyl or cyclic N) is 1. The molecular weight excluding hydrogens is 600 g/mol. The number of nitrogens with zero attached hydrogens (tertiary/aromatic N) is 4. The smallest absolute Gasteiger partial charge is 0.446 e. The van der Waals surface area contributed by atoms with Gasteiger partial charge in [-0.25, -0.2) is 8.91 Å². The number of pyridine rings is 1. The Morgan fingerprint density at radius 2 is 2.02 bits per heavy atom. The van der Waals surface area contributed by atoms with E-state index in [0.29, 0.717) is 29.2 Å². The number of halogens is 4. The molecule has 6 rings (SSSR count). The van der Waals surface area contributed by atoms with Crippen molar-refractivity contribution in [2.75, 3.05) is 57.5 Å². The van der Waals surface area contributed by atoms with Crippen molar-refractivity contribution in [3.05, 3.63) is 47.7 Å². The second-order valence-corrected chi connectivity index (χ2v) is 13.0. The number of rotatable bonds is 7. The van der Waals surface area contributed by atoms with Crippen LogP contribution < -0.4 is 15.4 Å². The number of piperidine rings is 1. The fourth-order valence-electron chi connectivity index (χ4n) is 6.10. The van der Waals surface area contributed by atoms with Crippen LogP contribution in [-0.2, 0) is 0 Å². The molecule has 2 saturated heterocycles. The lowest BCUT2D eigenvalue weighted by Gasteiger charge is -2.44. The molecule has 3 atom stereocenters. The minimum Gasteiger partial charge on any atom is -0.495 e. The molecule has 0 bridgehead atoms. The van der Waals surface area contributed by atoms with Crippen molar-refractivity contribution in [2.24, 2.45) is 5.92 Å². The fraction of sp³-hybridized carbons (Fsp3) is 0.467. The Balaban J connectivity index is 1.21. The molecular formula is C30H32F4N6O3S. The standard InChI is InChI=1S/C30H32F4N6O3S/c1-28(42)16-39(17-28)27(41)18-9-10-20(23(12-18)43-3)35-11-5-6-21-26(44-30(32,33)34)22-7-4-8-25(40(22)37-21)36-29-13-19(29)14-38(2)15-24(29)31/h4,7-10,12,19,24,35-36,42H,11,13-17H2,1-3H3/t19-,24+,29+/m1/s1. The number of carbonyl (C=O) groups excluding carboxylic acids is 1. The third kappa shape index (κ3) is 5.88. The van der Waals surface area contributed by atoms with Crippen molar-refractivity contribution in [2.45, 2.75) is 41.1 Å². The molecule has 234 valence electrons. The lowest BCUT2D eigenvalue weighted by Crippen LogP contribution is -2.61. The van der Waals surface area contributed by atoms with E-state index in [1.807, 2.05) is 11.9 Å². The Bertz CT molecular complexity index is 1660. The van der Waals surface area contributed by atoms with Gasteiger partial charge in [0.25, 0.3) is 5.91 Å². The van der Waals surface area contributed by atoms with Crippen LogP contribution in [0.2, 0.25) is 0 Å². The van der Waals surface area contributed by atoms with E-state index in [1.54, 1.807) is 37.3 Å². The number of alkyl halides is 4. The molecule has 2 aliphatic heterocycles. The largest absolute Gasteiger partial charge is 0.495 e. The number of aromatic nitrogens is 2. The van der Waals surface area contributed by atoms with Crippen LogP contribution in [0.3, 0.4) is 0 Å². The van der Waals surface area contributed by atoms with Gasteiger partial charge in [-0.3, -0.25) is 4.79 Å². The zero-order valence-electron chi connectivity index (χ0n) is 24.3. The van der Waals surface area contributed by atoms with E-state index < -0.39 is 22.8 Å². The highest BCUT2D eigenvalue weighted by Crippen LogP contribution is 2.53. The lowest BCUT2D eigenvalue weighted by molar-refractivity contribution is -0.0668. The minimum absolute atomic E-state index is 0.0493. The van der Waals surface area contributed by atoms with Gasteiger partial charge in [-0.05, 0) is 74.3 Å². The van der Waals surface area contributed by atoms with Gasteiger partial charge in [0.15, 0.2) is 0 Å². The summed E-state index contributed by atoms with van der Waals surface area (Å²) >= 11 is -0.284. The third-order valence-corrected chi connectivity index (χ3v) is 9.12. The van der Waals surface area contributed by atoms with Crippen LogP contribution in [0.15, 0.2) is 41.3 Å². The van der Waals surface area contributed by atoms with E-state index in [9.17, 15) is 23.1 Å². The average molecular weight is 633 g/mol. The Kier molecular flexibility index (Phi) is 7.62. The number of ether oxygens (including phenoxy) is 1. The molecule has 2 aromatic heterocycles. The molecule has 1 saturated carbocycles. The number of benzene rings is 1. The van der Waals surface area contributed by atoms with E-state index in [2.05, 4.69) is 27.6 Å². The minimum atomic E-state index is -4.57. The normalized spacial score (nSPS) is 24.1. The molecule has 3 fully saturated rings. The zero-order valence-corrected chi connectivity index (χ0v) is 25.2. The van der Waals surface area contributed by atoms with Crippen molar-refractivity contribution < 1.29 is 32.2 Å². The predicted molar refractivity (Wildman–Crippen MR) is 159 cm³/mol. The summed E-state index contributed by atoms with van der Waals surface area (Å²) in [4.78, 5) is 16.0. The number of thioether (sulfide) groups is 1. The number of fused-ring (bicyclic) bond motifs is 2. The van der Waals surface area contributed by atoms with Crippen molar-refractivity contribution in [1.82, 2.24) is 19.4 Å². The van der Waals surface area contributed by atoms with Gasteiger partial charge in [-0.1, -0.05) is 12.0 Å². The second-order valence-electron chi connectivity index (χ2n) is 11.9. The highest BCUT2D eigenvalue weighted by molar-refractivity contribution is 8.00. The molecule has 1 aromatic carbocycles. The summed E-state index contributed by atoms with van der Waals surface area (Å²) in [5.41, 5.74) is -5.11. The molecule has 14 heteroatoms. The molecule has 3 aromatic rings. The van der Waals surface area contributed by atoms with Gasteiger partial charge < -0.3 is 30.3 Å². The van der Waals surface area contributed by atoms with Crippen LogP contribution in [0.25, 0.3) is 5.52 Å². The molecule has 0 unspecified atom stereocenters. The molecule has 4 heterocycles. The fourth-order valence-corrected chi connectivity index (χ4v) is 6.78. The topological polar surface area (TPSA) is 94.4 Å².